The summed E-state index contributed by atoms with van der Waals surface area (Å²) in [4.78, 5) is 12.0. The Balaban J connectivity index is 2.24. The first-order valence-corrected chi connectivity index (χ1v) is 6.44. The van der Waals surface area contributed by atoms with Gasteiger partial charge >= 0.3 is 6.18 Å². The van der Waals surface area contributed by atoms with E-state index in [9.17, 15) is 18.0 Å². The van der Waals surface area contributed by atoms with E-state index in [0.29, 0.717) is 11.3 Å². The molecule has 5 heteroatoms. The summed E-state index contributed by atoms with van der Waals surface area (Å²) in [6, 6.07) is 11.4. The first-order valence-electron chi connectivity index (χ1n) is 6.44. The van der Waals surface area contributed by atoms with Gasteiger partial charge in [-0.25, -0.2) is 0 Å². The standard InChI is InChI=1S/C17H13F3O2/c1-22-16-8-3-2-5-12(16)9-10-15(21)13-6-4-7-14(11-13)17(18,19)20/h2-11H,1H3/b10-9+. The first kappa shape index (κ1) is 15.8. The van der Waals surface area contributed by atoms with Crippen molar-refractivity contribution in [1.29, 1.82) is 0 Å². The van der Waals surface area contributed by atoms with Crippen molar-refractivity contribution in [2.45, 2.75) is 6.18 Å². The van der Waals surface area contributed by atoms with Gasteiger partial charge in [0.1, 0.15) is 5.75 Å². The van der Waals surface area contributed by atoms with E-state index in [1.54, 1.807) is 24.3 Å². The van der Waals surface area contributed by atoms with E-state index >= 15 is 0 Å². The van der Waals surface area contributed by atoms with Crippen LogP contribution in [-0.2, 0) is 6.18 Å². The Morgan fingerprint density at radius 1 is 1.09 bits per heavy atom. The van der Waals surface area contributed by atoms with E-state index in [-0.39, 0.29) is 5.56 Å². The molecule has 0 fully saturated rings. The quantitative estimate of drug-likeness (QED) is 0.609. The van der Waals surface area contributed by atoms with Gasteiger partial charge in [0.2, 0.25) is 0 Å². The van der Waals surface area contributed by atoms with Gasteiger partial charge < -0.3 is 4.74 Å². The Kier molecular flexibility index (Phi) is 4.65. The van der Waals surface area contributed by atoms with E-state index in [4.69, 9.17) is 4.74 Å². The summed E-state index contributed by atoms with van der Waals surface area (Å²) in [5, 5.41) is 0. The summed E-state index contributed by atoms with van der Waals surface area (Å²) < 4.78 is 43.0. The van der Waals surface area contributed by atoms with Crippen LogP contribution in [0.25, 0.3) is 6.08 Å². The van der Waals surface area contributed by atoms with Gasteiger partial charge in [-0.1, -0.05) is 30.3 Å². The molecule has 22 heavy (non-hydrogen) atoms. The number of hydrogen-bond donors (Lipinski definition) is 0. The predicted octanol–water partition coefficient (Wildman–Crippen LogP) is 4.61. The summed E-state index contributed by atoms with van der Waals surface area (Å²) in [7, 11) is 1.50. The molecule has 0 bridgehead atoms. The zero-order valence-corrected chi connectivity index (χ0v) is 11.7. The van der Waals surface area contributed by atoms with Crippen molar-refractivity contribution in [3.63, 3.8) is 0 Å². The van der Waals surface area contributed by atoms with Crippen LogP contribution in [0.15, 0.2) is 54.6 Å². The molecular weight excluding hydrogens is 293 g/mol. The number of carbonyl (C=O) groups is 1. The Morgan fingerprint density at radius 3 is 2.50 bits per heavy atom. The second kappa shape index (κ2) is 6.47. The van der Waals surface area contributed by atoms with Gasteiger partial charge in [-0.2, -0.15) is 13.2 Å². The van der Waals surface area contributed by atoms with Gasteiger partial charge in [0.05, 0.1) is 12.7 Å². The molecule has 2 aromatic carbocycles. The minimum Gasteiger partial charge on any atom is -0.496 e. The van der Waals surface area contributed by atoms with E-state index < -0.39 is 17.5 Å². The zero-order valence-electron chi connectivity index (χ0n) is 11.7. The van der Waals surface area contributed by atoms with Crippen molar-refractivity contribution >= 4 is 11.9 Å². The molecule has 0 aliphatic heterocycles. The first-order chi connectivity index (χ1) is 10.4. The number of methoxy groups -OCH3 is 1. The lowest BCUT2D eigenvalue weighted by Crippen LogP contribution is -2.06. The third kappa shape index (κ3) is 3.75. The molecule has 0 atom stereocenters. The molecule has 0 aromatic heterocycles. The monoisotopic (exact) mass is 306 g/mol. The average molecular weight is 306 g/mol. The summed E-state index contributed by atoms with van der Waals surface area (Å²) in [5.74, 6) is 0.0765. The second-order valence-electron chi connectivity index (χ2n) is 4.52. The van der Waals surface area contributed by atoms with Gasteiger partial charge in [0, 0.05) is 11.1 Å². The number of alkyl halides is 3. The van der Waals surface area contributed by atoms with Crippen molar-refractivity contribution in [2.24, 2.45) is 0 Å². The van der Waals surface area contributed by atoms with Crippen LogP contribution in [0.2, 0.25) is 0 Å². The van der Waals surface area contributed by atoms with Crippen LogP contribution in [0.4, 0.5) is 13.2 Å². The van der Waals surface area contributed by atoms with Crippen LogP contribution in [0.1, 0.15) is 21.5 Å². The topological polar surface area (TPSA) is 26.3 Å². The number of benzene rings is 2. The highest BCUT2D eigenvalue weighted by Crippen LogP contribution is 2.29. The fourth-order valence-electron chi connectivity index (χ4n) is 1.91. The normalized spacial score (nSPS) is 11.6. The van der Waals surface area contributed by atoms with Crippen molar-refractivity contribution in [1.82, 2.24) is 0 Å². The lowest BCUT2D eigenvalue weighted by Gasteiger charge is -2.07. The maximum absolute atomic E-state index is 12.6. The fraction of sp³-hybridized carbons (Fsp3) is 0.118. The Morgan fingerprint density at radius 2 is 1.82 bits per heavy atom. The Bertz CT molecular complexity index is 703. The van der Waals surface area contributed by atoms with E-state index in [1.165, 1.54) is 31.4 Å². The number of ether oxygens (including phenoxy) is 1. The van der Waals surface area contributed by atoms with Crippen molar-refractivity contribution < 1.29 is 22.7 Å². The van der Waals surface area contributed by atoms with Crippen LogP contribution >= 0.6 is 0 Å². The molecule has 0 saturated heterocycles. The molecule has 0 amide bonds. The largest absolute Gasteiger partial charge is 0.496 e. The van der Waals surface area contributed by atoms with Crippen molar-refractivity contribution in [3.8, 4) is 5.75 Å². The molecule has 0 N–H and O–H groups in total. The molecular formula is C17H13F3O2. The van der Waals surface area contributed by atoms with Gasteiger partial charge in [-0.05, 0) is 30.4 Å². The third-order valence-electron chi connectivity index (χ3n) is 3.03. The SMILES string of the molecule is COc1ccccc1/C=C/C(=O)c1cccc(C(F)(F)F)c1. The maximum Gasteiger partial charge on any atom is 0.416 e. The number of para-hydroxylation sites is 1. The number of hydrogen-bond acceptors (Lipinski definition) is 2. The Labute approximate surface area is 125 Å². The molecule has 2 aromatic rings. The van der Waals surface area contributed by atoms with Crippen LogP contribution in [-0.4, -0.2) is 12.9 Å². The van der Waals surface area contributed by atoms with Crippen LogP contribution in [0, 0.1) is 0 Å². The van der Waals surface area contributed by atoms with Crippen molar-refractivity contribution in [3.05, 3.63) is 71.3 Å². The highest BCUT2D eigenvalue weighted by Gasteiger charge is 2.30. The third-order valence-corrected chi connectivity index (χ3v) is 3.03. The number of allylic oxidation sites excluding steroid dienone is 1. The summed E-state index contributed by atoms with van der Waals surface area (Å²) in [5.41, 5.74) is -0.185. The molecule has 114 valence electrons. The van der Waals surface area contributed by atoms with E-state index in [2.05, 4.69) is 0 Å². The van der Waals surface area contributed by atoms with E-state index in [1.807, 2.05) is 0 Å². The molecule has 0 spiro atoms. The number of halogens is 3. The molecule has 0 heterocycles. The number of carbonyl (C=O) groups excluding carboxylic acids is 1. The molecule has 0 aliphatic carbocycles. The van der Waals surface area contributed by atoms with Crippen LogP contribution < -0.4 is 4.74 Å². The number of rotatable bonds is 4. The van der Waals surface area contributed by atoms with E-state index in [0.717, 1.165) is 12.1 Å². The molecule has 2 rings (SSSR count). The smallest absolute Gasteiger partial charge is 0.416 e. The highest BCUT2D eigenvalue weighted by molar-refractivity contribution is 6.07. The zero-order chi connectivity index (χ0) is 16.2. The average Bonchev–Trinajstić information content (AvgIpc) is 2.52. The molecule has 0 saturated carbocycles. The predicted molar refractivity (Wildman–Crippen MR) is 77.8 cm³/mol. The summed E-state index contributed by atoms with van der Waals surface area (Å²) in [6.07, 6.45) is -1.72. The van der Waals surface area contributed by atoms with Crippen LogP contribution in [0.3, 0.4) is 0 Å². The molecule has 2 nitrogen and oxygen atoms in total. The van der Waals surface area contributed by atoms with Gasteiger partial charge in [0.15, 0.2) is 5.78 Å². The minimum absolute atomic E-state index is 0.0130. The number of ketones is 1. The molecule has 0 radical (unpaired) electrons. The lowest BCUT2D eigenvalue weighted by atomic mass is 10.1. The summed E-state index contributed by atoms with van der Waals surface area (Å²) >= 11 is 0. The van der Waals surface area contributed by atoms with Gasteiger partial charge in [-0.15, -0.1) is 0 Å². The second-order valence-corrected chi connectivity index (χ2v) is 4.52. The summed E-state index contributed by atoms with van der Waals surface area (Å²) in [6.45, 7) is 0. The van der Waals surface area contributed by atoms with Crippen molar-refractivity contribution in [2.75, 3.05) is 7.11 Å². The van der Waals surface area contributed by atoms with Gasteiger partial charge in [-0.3, -0.25) is 4.79 Å². The lowest BCUT2D eigenvalue weighted by molar-refractivity contribution is -0.137. The molecule has 0 unspecified atom stereocenters. The van der Waals surface area contributed by atoms with Gasteiger partial charge in [0.25, 0.3) is 0 Å². The van der Waals surface area contributed by atoms with Crippen LogP contribution in [0.5, 0.6) is 5.75 Å². The fourth-order valence-corrected chi connectivity index (χ4v) is 1.91. The maximum atomic E-state index is 12.6. The Hall–Kier alpha value is -2.56. The minimum atomic E-state index is -4.47. The highest BCUT2D eigenvalue weighted by atomic mass is 19.4. The molecule has 0 aliphatic rings.